The van der Waals surface area contributed by atoms with Crippen molar-refractivity contribution in [1.29, 1.82) is 0 Å². The van der Waals surface area contributed by atoms with E-state index in [1.54, 1.807) is 6.07 Å². The van der Waals surface area contributed by atoms with E-state index in [0.717, 1.165) is 33.4 Å². The van der Waals surface area contributed by atoms with Crippen LogP contribution in [0.1, 0.15) is 28.7 Å². The number of benzene rings is 4. The summed E-state index contributed by atoms with van der Waals surface area (Å²) in [6.45, 7) is 0.0606. The van der Waals surface area contributed by atoms with Gasteiger partial charge in [0.15, 0.2) is 0 Å². The average molecular weight is 466 g/mol. The standard InChI is InChI=1S/C30H27NO4/c32-28(29(33)22-12-8-11-21(17-22)20-9-2-1-3-10-20)18-31-30(34)35-19-27-25-15-6-4-13-23(25)24-14-5-7-16-26(24)27/h1-17,27-29,32-33H,18-19H2,(H,31,34). The molecule has 0 fully saturated rings. The number of aliphatic hydroxyl groups is 2. The summed E-state index contributed by atoms with van der Waals surface area (Å²) in [7, 11) is 0. The fraction of sp³-hybridized carbons (Fsp3) is 0.167. The molecule has 0 aromatic heterocycles. The minimum absolute atomic E-state index is 0.0376. The number of fused-ring (bicyclic) bond motifs is 3. The maximum absolute atomic E-state index is 12.4. The molecule has 176 valence electrons. The van der Waals surface area contributed by atoms with Gasteiger partial charge in [0.25, 0.3) is 0 Å². The molecular formula is C30H27NO4. The van der Waals surface area contributed by atoms with Crippen molar-refractivity contribution in [3.63, 3.8) is 0 Å². The number of alkyl carbamates (subject to hydrolysis) is 1. The van der Waals surface area contributed by atoms with Crippen molar-refractivity contribution < 1.29 is 19.7 Å². The highest BCUT2D eigenvalue weighted by atomic mass is 16.5. The fourth-order valence-electron chi connectivity index (χ4n) is 4.70. The molecule has 4 aromatic carbocycles. The molecule has 1 aliphatic rings. The quantitative estimate of drug-likeness (QED) is 0.347. The lowest BCUT2D eigenvalue weighted by Crippen LogP contribution is -2.36. The van der Waals surface area contributed by atoms with Crippen LogP contribution in [0.4, 0.5) is 4.79 Å². The number of nitrogens with one attached hydrogen (secondary N) is 1. The van der Waals surface area contributed by atoms with Gasteiger partial charge in [-0.2, -0.15) is 0 Å². The van der Waals surface area contributed by atoms with Gasteiger partial charge in [0, 0.05) is 12.5 Å². The molecule has 0 bridgehead atoms. The van der Waals surface area contributed by atoms with E-state index in [1.165, 1.54) is 0 Å². The van der Waals surface area contributed by atoms with Crippen molar-refractivity contribution in [2.45, 2.75) is 18.1 Å². The van der Waals surface area contributed by atoms with E-state index in [4.69, 9.17) is 4.74 Å². The molecule has 5 heteroatoms. The van der Waals surface area contributed by atoms with Crippen molar-refractivity contribution in [3.8, 4) is 22.3 Å². The summed E-state index contributed by atoms with van der Waals surface area (Å²) in [6.07, 6.45) is -2.95. The fourth-order valence-corrected chi connectivity index (χ4v) is 4.70. The normalized spacial score (nSPS) is 14.0. The van der Waals surface area contributed by atoms with E-state index in [-0.39, 0.29) is 19.1 Å². The summed E-state index contributed by atoms with van der Waals surface area (Å²) in [5, 5.41) is 23.7. The zero-order valence-corrected chi connectivity index (χ0v) is 19.2. The Kier molecular flexibility index (Phi) is 6.62. The molecule has 1 amide bonds. The van der Waals surface area contributed by atoms with Crippen LogP contribution in [0.2, 0.25) is 0 Å². The van der Waals surface area contributed by atoms with Gasteiger partial charge in [-0.15, -0.1) is 0 Å². The predicted molar refractivity (Wildman–Crippen MR) is 136 cm³/mol. The van der Waals surface area contributed by atoms with E-state index in [0.29, 0.717) is 5.56 Å². The zero-order valence-electron chi connectivity index (χ0n) is 19.2. The first kappa shape index (κ1) is 22.8. The van der Waals surface area contributed by atoms with Crippen LogP contribution >= 0.6 is 0 Å². The second kappa shape index (κ2) is 10.1. The molecule has 0 aliphatic heterocycles. The number of aliphatic hydroxyl groups excluding tert-OH is 2. The first-order valence-electron chi connectivity index (χ1n) is 11.7. The van der Waals surface area contributed by atoms with Crippen LogP contribution in [0, 0.1) is 0 Å². The number of carbonyl (C=O) groups excluding carboxylic acids is 1. The van der Waals surface area contributed by atoms with Crippen molar-refractivity contribution >= 4 is 6.09 Å². The van der Waals surface area contributed by atoms with Crippen molar-refractivity contribution in [1.82, 2.24) is 5.32 Å². The van der Waals surface area contributed by atoms with Crippen LogP contribution in [0.15, 0.2) is 103 Å². The summed E-state index contributed by atoms with van der Waals surface area (Å²) in [4.78, 5) is 12.4. The van der Waals surface area contributed by atoms with Crippen molar-refractivity contribution in [3.05, 3.63) is 120 Å². The Hall–Kier alpha value is -3.93. The highest BCUT2D eigenvalue weighted by Crippen LogP contribution is 2.44. The molecule has 0 spiro atoms. The molecular weight excluding hydrogens is 438 g/mol. The minimum atomic E-state index is -1.18. The van der Waals surface area contributed by atoms with Gasteiger partial charge in [0.05, 0.1) is 0 Å². The molecule has 4 aromatic rings. The molecule has 0 heterocycles. The Bertz CT molecular complexity index is 1280. The summed E-state index contributed by atoms with van der Waals surface area (Å²) in [5.74, 6) is -0.0376. The Morgan fingerprint density at radius 1 is 0.771 bits per heavy atom. The molecule has 5 nitrogen and oxygen atoms in total. The van der Waals surface area contributed by atoms with Crippen molar-refractivity contribution in [2.24, 2.45) is 0 Å². The van der Waals surface area contributed by atoms with E-state index >= 15 is 0 Å². The Labute approximate surface area is 204 Å². The second-order valence-corrected chi connectivity index (χ2v) is 8.71. The molecule has 5 rings (SSSR count). The SMILES string of the molecule is O=C(NCC(O)C(O)c1cccc(-c2ccccc2)c1)OCC1c2ccccc2-c2ccccc21. The molecule has 2 unspecified atom stereocenters. The van der Waals surface area contributed by atoms with E-state index < -0.39 is 18.3 Å². The zero-order chi connectivity index (χ0) is 24.2. The monoisotopic (exact) mass is 465 g/mol. The van der Waals surface area contributed by atoms with E-state index in [9.17, 15) is 15.0 Å². The summed E-state index contributed by atoms with van der Waals surface area (Å²) >= 11 is 0. The molecule has 3 N–H and O–H groups in total. The van der Waals surface area contributed by atoms with Gasteiger partial charge in [0.2, 0.25) is 0 Å². The van der Waals surface area contributed by atoms with Gasteiger partial charge in [-0.25, -0.2) is 4.79 Å². The Morgan fingerprint density at radius 3 is 2.06 bits per heavy atom. The van der Waals surface area contributed by atoms with Gasteiger partial charge in [-0.3, -0.25) is 0 Å². The number of ether oxygens (including phenoxy) is 1. The van der Waals surface area contributed by atoms with Crippen LogP contribution in [0.5, 0.6) is 0 Å². The van der Waals surface area contributed by atoms with E-state index in [1.807, 2.05) is 72.8 Å². The van der Waals surface area contributed by atoms with Gasteiger partial charge in [-0.1, -0.05) is 97.1 Å². The number of hydrogen-bond donors (Lipinski definition) is 3. The Morgan fingerprint density at radius 2 is 1.37 bits per heavy atom. The molecule has 0 saturated carbocycles. The average Bonchev–Trinajstić information content (AvgIpc) is 3.24. The smallest absolute Gasteiger partial charge is 0.407 e. The van der Waals surface area contributed by atoms with Gasteiger partial charge in [0.1, 0.15) is 18.8 Å². The van der Waals surface area contributed by atoms with E-state index in [2.05, 4.69) is 29.6 Å². The van der Waals surface area contributed by atoms with Gasteiger partial charge < -0.3 is 20.3 Å². The van der Waals surface area contributed by atoms with Crippen LogP contribution < -0.4 is 5.32 Å². The third-order valence-electron chi connectivity index (χ3n) is 6.50. The number of rotatable bonds is 7. The molecule has 35 heavy (non-hydrogen) atoms. The minimum Gasteiger partial charge on any atom is -0.449 e. The van der Waals surface area contributed by atoms with Crippen LogP contribution in [-0.4, -0.2) is 35.6 Å². The molecule has 0 radical (unpaired) electrons. The highest BCUT2D eigenvalue weighted by molar-refractivity contribution is 5.79. The largest absolute Gasteiger partial charge is 0.449 e. The maximum Gasteiger partial charge on any atom is 0.407 e. The molecule has 2 atom stereocenters. The topological polar surface area (TPSA) is 78.8 Å². The van der Waals surface area contributed by atoms with Crippen molar-refractivity contribution in [2.75, 3.05) is 13.2 Å². The summed E-state index contributed by atoms with van der Waals surface area (Å²) < 4.78 is 5.51. The van der Waals surface area contributed by atoms with Gasteiger partial charge in [-0.05, 0) is 45.0 Å². The summed E-state index contributed by atoms with van der Waals surface area (Å²) in [6, 6.07) is 33.5. The number of amides is 1. The lowest BCUT2D eigenvalue weighted by molar-refractivity contribution is 0.0186. The predicted octanol–water partition coefficient (Wildman–Crippen LogP) is 5.29. The van der Waals surface area contributed by atoms with Crippen LogP contribution in [0.25, 0.3) is 22.3 Å². The third-order valence-corrected chi connectivity index (χ3v) is 6.50. The number of carbonyl (C=O) groups is 1. The summed E-state index contributed by atoms with van der Waals surface area (Å²) in [5.41, 5.74) is 7.13. The van der Waals surface area contributed by atoms with Crippen LogP contribution in [0.3, 0.4) is 0 Å². The molecule has 1 aliphatic carbocycles. The number of hydrogen-bond acceptors (Lipinski definition) is 4. The highest BCUT2D eigenvalue weighted by Gasteiger charge is 2.29. The lowest BCUT2D eigenvalue weighted by atomic mass is 9.98. The Balaban J connectivity index is 1.18. The molecule has 0 saturated heterocycles. The lowest BCUT2D eigenvalue weighted by Gasteiger charge is -2.20. The first-order valence-corrected chi connectivity index (χ1v) is 11.7. The van der Waals surface area contributed by atoms with Crippen LogP contribution in [-0.2, 0) is 4.74 Å². The second-order valence-electron chi connectivity index (χ2n) is 8.71. The first-order chi connectivity index (χ1) is 17.1. The maximum atomic E-state index is 12.4. The van der Waals surface area contributed by atoms with Gasteiger partial charge >= 0.3 is 6.09 Å². The third kappa shape index (κ3) is 4.83.